The normalized spacial score (nSPS) is 14.3. The van der Waals surface area contributed by atoms with Gasteiger partial charge in [-0.05, 0) is 62.4 Å². The first-order valence-electron chi connectivity index (χ1n) is 11.1. The summed E-state index contributed by atoms with van der Waals surface area (Å²) in [4.78, 5) is 31.4. The van der Waals surface area contributed by atoms with Crippen molar-refractivity contribution in [3.8, 4) is 0 Å². The number of carbonyl (C=O) groups excluding carboxylic acids is 2. The van der Waals surface area contributed by atoms with Crippen LogP contribution in [-0.4, -0.2) is 51.0 Å². The van der Waals surface area contributed by atoms with Crippen molar-refractivity contribution in [3.05, 3.63) is 65.5 Å². The van der Waals surface area contributed by atoms with E-state index in [0.717, 1.165) is 18.5 Å². The third-order valence-electron chi connectivity index (χ3n) is 5.70. The van der Waals surface area contributed by atoms with Crippen LogP contribution in [0.1, 0.15) is 59.0 Å². The monoisotopic (exact) mass is 447 g/mol. The zero-order valence-corrected chi connectivity index (χ0v) is 18.8. The van der Waals surface area contributed by atoms with Crippen LogP contribution in [0, 0.1) is 0 Å². The Bertz CT molecular complexity index is 1100. The van der Waals surface area contributed by atoms with Crippen molar-refractivity contribution in [1.82, 2.24) is 20.1 Å². The minimum absolute atomic E-state index is 0.121. The van der Waals surface area contributed by atoms with Crippen molar-refractivity contribution in [2.24, 2.45) is 0 Å². The lowest BCUT2D eigenvalue weighted by molar-refractivity contribution is 0.0707. The molecule has 3 heterocycles. The van der Waals surface area contributed by atoms with Crippen LogP contribution in [-0.2, 0) is 0 Å². The number of pyridine rings is 1. The first-order valence-corrected chi connectivity index (χ1v) is 11.1. The van der Waals surface area contributed by atoms with Crippen LogP contribution in [0.5, 0.6) is 0 Å². The first kappa shape index (κ1) is 22.3. The Morgan fingerprint density at radius 1 is 1.09 bits per heavy atom. The predicted octanol–water partition coefficient (Wildman–Crippen LogP) is 3.48. The van der Waals surface area contributed by atoms with Gasteiger partial charge in [-0.2, -0.15) is 5.10 Å². The van der Waals surface area contributed by atoms with Crippen molar-refractivity contribution >= 4 is 29.1 Å². The molecule has 0 radical (unpaired) electrons. The molecule has 3 aromatic rings. The summed E-state index contributed by atoms with van der Waals surface area (Å²) in [7, 11) is 0. The van der Waals surface area contributed by atoms with E-state index in [9.17, 15) is 9.59 Å². The third kappa shape index (κ3) is 5.49. The lowest BCUT2D eigenvalue weighted by Crippen LogP contribution is -2.38. The molecule has 2 aromatic heterocycles. The maximum Gasteiger partial charge on any atom is 0.271 e. The molecule has 1 aliphatic rings. The summed E-state index contributed by atoms with van der Waals surface area (Å²) in [6.45, 7) is 5.36. The highest BCUT2D eigenvalue weighted by Crippen LogP contribution is 2.29. The number of anilines is 3. The Labute approximate surface area is 192 Å². The number of amides is 2. The molecule has 4 rings (SSSR count). The molecule has 0 aliphatic carbocycles. The van der Waals surface area contributed by atoms with Crippen LogP contribution in [0.3, 0.4) is 0 Å². The molecular formula is C24H29N7O2. The van der Waals surface area contributed by atoms with E-state index in [-0.39, 0.29) is 17.9 Å². The lowest BCUT2D eigenvalue weighted by atomic mass is 9.89. The quantitative estimate of drug-likeness (QED) is 0.428. The van der Waals surface area contributed by atoms with Gasteiger partial charge >= 0.3 is 0 Å². The number of rotatable bonds is 6. The van der Waals surface area contributed by atoms with E-state index in [1.165, 1.54) is 11.8 Å². The maximum atomic E-state index is 12.9. The second kappa shape index (κ2) is 9.72. The number of nitrogen functional groups attached to an aromatic ring is 1. The molecule has 9 nitrogen and oxygen atoms in total. The van der Waals surface area contributed by atoms with Crippen molar-refractivity contribution in [2.45, 2.75) is 38.6 Å². The van der Waals surface area contributed by atoms with Gasteiger partial charge in [-0.15, -0.1) is 0 Å². The minimum atomic E-state index is -0.339. The van der Waals surface area contributed by atoms with E-state index < -0.39 is 0 Å². The molecule has 1 aromatic carbocycles. The number of nitrogens with one attached hydrogen (secondary N) is 3. The highest BCUT2D eigenvalue weighted by Gasteiger charge is 2.26. The highest BCUT2D eigenvalue weighted by atomic mass is 16.2. The number of piperidine rings is 1. The van der Waals surface area contributed by atoms with Crippen molar-refractivity contribution < 1.29 is 9.59 Å². The Morgan fingerprint density at radius 2 is 1.82 bits per heavy atom. The number of aromatic nitrogens is 3. The van der Waals surface area contributed by atoms with E-state index in [1.807, 2.05) is 30.9 Å². The van der Waals surface area contributed by atoms with Gasteiger partial charge in [0.2, 0.25) is 0 Å². The van der Waals surface area contributed by atoms with Gasteiger partial charge < -0.3 is 21.3 Å². The number of hydrogen-bond acceptors (Lipinski definition) is 6. The Morgan fingerprint density at radius 3 is 2.45 bits per heavy atom. The number of aromatic amines is 1. The summed E-state index contributed by atoms with van der Waals surface area (Å²) in [5.74, 6) is 0.957. The summed E-state index contributed by atoms with van der Waals surface area (Å²) in [5, 5.41) is 12.7. The van der Waals surface area contributed by atoms with Crippen LogP contribution in [0.25, 0.3) is 0 Å². The van der Waals surface area contributed by atoms with Gasteiger partial charge in [-0.3, -0.25) is 14.7 Å². The molecule has 0 spiro atoms. The lowest BCUT2D eigenvalue weighted by Gasteiger charge is -2.32. The standard InChI is InChI=1S/C24H29N7O2/c1-15(2)27-21-8-5-18(14-26-21)23(32)28-22-13-20(29-30-22)24(33)31-11-9-17(10-12-31)16-3-6-19(25)7-4-16/h3-8,13-15,17H,9-12,25H2,1-2H3,(H,26,27)(H2,28,29,30,32). The molecular weight excluding hydrogens is 418 g/mol. The molecule has 0 bridgehead atoms. The van der Waals surface area contributed by atoms with Crippen molar-refractivity contribution in [2.75, 3.05) is 29.5 Å². The van der Waals surface area contributed by atoms with Crippen LogP contribution in [0.4, 0.5) is 17.3 Å². The van der Waals surface area contributed by atoms with E-state index in [2.05, 4.69) is 37.9 Å². The van der Waals surface area contributed by atoms with Crippen LogP contribution in [0.2, 0.25) is 0 Å². The molecule has 1 saturated heterocycles. The molecule has 9 heteroatoms. The van der Waals surface area contributed by atoms with E-state index >= 15 is 0 Å². The topological polar surface area (TPSA) is 129 Å². The molecule has 5 N–H and O–H groups in total. The van der Waals surface area contributed by atoms with Crippen molar-refractivity contribution in [1.29, 1.82) is 0 Å². The molecule has 0 unspecified atom stereocenters. The maximum absolute atomic E-state index is 12.9. The zero-order chi connectivity index (χ0) is 23.4. The van der Waals surface area contributed by atoms with Crippen LogP contribution < -0.4 is 16.4 Å². The van der Waals surface area contributed by atoms with Gasteiger partial charge in [0.1, 0.15) is 11.5 Å². The van der Waals surface area contributed by atoms with E-state index in [1.54, 1.807) is 18.2 Å². The van der Waals surface area contributed by atoms with Gasteiger partial charge in [0.05, 0.1) is 5.56 Å². The summed E-state index contributed by atoms with van der Waals surface area (Å²) in [6.07, 6.45) is 3.29. The minimum Gasteiger partial charge on any atom is -0.399 e. The average molecular weight is 448 g/mol. The number of hydrogen-bond donors (Lipinski definition) is 4. The number of benzene rings is 1. The van der Waals surface area contributed by atoms with Gasteiger partial charge in [-0.1, -0.05) is 12.1 Å². The molecule has 0 saturated carbocycles. The van der Waals surface area contributed by atoms with Crippen molar-refractivity contribution in [3.63, 3.8) is 0 Å². The SMILES string of the molecule is CC(C)Nc1ccc(C(=O)Nc2cc(C(=O)N3CCC(c4ccc(N)cc4)CC3)[nH]n2)cn1. The molecule has 33 heavy (non-hydrogen) atoms. The number of likely N-dealkylation sites (tertiary alicyclic amines) is 1. The first-order chi connectivity index (χ1) is 15.9. The summed E-state index contributed by atoms with van der Waals surface area (Å²) >= 11 is 0. The zero-order valence-electron chi connectivity index (χ0n) is 18.8. The van der Waals surface area contributed by atoms with Gasteiger partial charge in [0.15, 0.2) is 5.82 Å². The van der Waals surface area contributed by atoms with E-state index in [4.69, 9.17) is 5.73 Å². The Balaban J connectivity index is 1.32. The number of H-pyrrole nitrogens is 1. The fourth-order valence-electron chi connectivity index (χ4n) is 3.95. The smallest absolute Gasteiger partial charge is 0.271 e. The Kier molecular flexibility index (Phi) is 6.58. The Hall–Kier alpha value is -3.88. The molecule has 2 amide bonds. The van der Waals surface area contributed by atoms with Crippen LogP contribution >= 0.6 is 0 Å². The van der Waals surface area contributed by atoms with Gasteiger partial charge in [-0.25, -0.2) is 4.98 Å². The largest absolute Gasteiger partial charge is 0.399 e. The summed E-state index contributed by atoms with van der Waals surface area (Å²) in [5.41, 5.74) is 8.54. The average Bonchev–Trinajstić information content (AvgIpc) is 3.28. The molecule has 1 fully saturated rings. The second-order valence-electron chi connectivity index (χ2n) is 8.59. The summed E-state index contributed by atoms with van der Waals surface area (Å²) in [6, 6.07) is 13.2. The van der Waals surface area contributed by atoms with Crippen LogP contribution in [0.15, 0.2) is 48.7 Å². The third-order valence-corrected chi connectivity index (χ3v) is 5.70. The molecule has 1 aliphatic heterocycles. The number of nitrogens with zero attached hydrogens (tertiary/aromatic N) is 3. The highest BCUT2D eigenvalue weighted by molar-refractivity contribution is 6.04. The molecule has 172 valence electrons. The number of nitrogens with two attached hydrogens (primary N) is 1. The van der Waals surface area contributed by atoms with Gasteiger partial charge in [0, 0.05) is 37.1 Å². The van der Waals surface area contributed by atoms with E-state index in [0.29, 0.717) is 41.9 Å². The molecule has 0 atom stereocenters. The fraction of sp³-hybridized carbons (Fsp3) is 0.333. The predicted molar refractivity (Wildman–Crippen MR) is 128 cm³/mol. The summed E-state index contributed by atoms with van der Waals surface area (Å²) < 4.78 is 0. The number of carbonyl (C=O) groups is 2. The van der Waals surface area contributed by atoms with Gasteiger partial charge in [0.25, 0.3) is 11.8 Å². The fourth-order valence-corrected chi connectivity index (χ4v) is 3.95. The second-order valence-corrected chi connectivity index (χ2v) is 8.59.